The Labute approximate surface area is 162 Å². The summed E-state index contributed by atoms with van der Waals surface area (Å²) in [5, 5.41) is 0. The van der Waals surface area contributed by atoms with Crippen LogP contribution in [0.2, 0.25) is 0 Å². The van der Waals surface area contributed by atoms with Crippen LogP contribution < -0.4 is 9.62 Å². The number of amides is 1. The van der Waals surface area contributed by atoms with Crippen LogP contribution in [0.4, 0.5) is 5.69 Å². The predicted octanol–water partition coefficient (Wildman–Crippen LogP) is 0.657. The molecule has 2 heterocycles. The lowest BCUT2D eigenvalue weighted by Crippen LogP contribution is -2.52. The Kier molecular flexibility index (Phi) is 6.39. The Hall–Kier alpha value is -1.64. The third kappa shape index (κ3) is 5.92. The van der Waals surface area contributed by atoms with Gasteiger partial charge in [-0.25, -0.2) is 13.1 Å². The van der Waals surface area contributed by atoms with Crippen molar-refractivity contribution in [3.05, 3.63) is 29.8 Å². The van der Waals surface area contributed by atoms with Gasteiger partial charge in [-0.3, -0.25) is 9.69 Å². The summed E-state index contributed by atoms with van der Waals surface area (Å²) in [6.45, 7) is 7.24. The van der Waals surface area contributed by atoms with E-state index in [1.54, 1.807) is 0 Å². The summed E-state index contributed by atoms with van der Waals surface area (Å²) in [6.07, 6.45) is 2.70. The average Bonchev–Trinajstić information content (AvgIpc) is 2.62. The largest absolute Gasteiger partial charge is 0.368 e. The van der Waals surface area contributed by atoms with Crippen LogP contribution in [-0.4, -0.2) is 82.2 Å². The van der Waals surface area contributed by atoms with Crippen LogP contribution >= 0.6 is 0 Å². The van der Waals surface area contributed by atoms with Gasteiger partial charge in [0.1, 0.15) is 0 Å². The van der Waals surface area contributed by atoms with E-state index < -0.39 is 10.0 Å². The van der Waals surface area contributed by atoms with Crippen molar-refractivity contribution in [2.75, 3.05) is 57.0 Å². The zero-order valence-electron chi connectivity index (χ0n) is 16.2. The molecule has 150 valence electrons. The smallest absolute Gasteiger partial charge is 0.236 e. The fourth-order valence-corrected chi connectivity index (χ4v) is 4.68. The molecule has 3 rings (SSSR count). The molecular formula is C19H30N4O3S. The second-order valence-corrected chi connectivity index (χ2v) is 9.43. The second-order valence-electron chi connectivity index (χ2n) is 7.65. The van der Waals surface area contributed by atoms with Crippen LogP contribution in [0.25, 0.3) is 0 Å². The number of hydrogen-bond acceptors (Lipinski definition) is 5. The summed E-state index contributed by atoms with van der Waals surface area (Å²) in [4.78, 5) is 19.0. The highest BCUT2D eigenvalue weighted by atomic mass is 32.2. The van der Waals surface area contributed by atoms with Gasteiger partial charge in [-0.15, -0.1) is 0 Å². The van der Waals surface area contributed by atoms with Crippen LogP contribution in [-0.2, 0) is 14.8 Å². The van der Waals surface area contributed by atoms with Crippen molar-refractivity contribution in [2.24, 2.45) is 0 Å². The van der Waals surface area contributed by atoms with E-state index in [1.807, 2.05) is 4.90 Å². The molecule has 2 saturated heterocycles. The van der Waals surface area contributed by atoms with Gasteiger partial charge in [-0.1, -0.05) is 12.1 Å². The number of benzene rings is 1. The Morgan fingerprint density at radius 1 is 1.11 bits per heavy atom. The number of carbonyl (C=O) groups excluding carboxylic acids is 1. The lowest BCUT2D eigenvalue weighted by Gasteiger charge is -2.38. The molecule has 0 radical (unpaired) electrons. The number of hydrogen-bond donors (Lipinski definition) is 1. The number of anilines is 1. The fraction of sp³-hybridized carbons (Fsp3) is 0.632. The zero-order valence-corrected chi connectivity index (χ0v) is 17.0. The quantitative estimate of drug-likeness (QED) is 0.794. The van der Waals surface area contributed by atoms with Gasteiger partial charge >= 0.3 is 0 Å². The summed E-state index contributed by atoms with van der Waals surface area (Å²) in [5.74, 6) is 0.174. The molecule has 1 aromatic rings. The van der Waals surface area contributed by atoms with Crippen molar-refractivity contribution in [3.63, 3.8) is 0 Å². The molecule has 2 aliphatic rings. The normalized spacial score (nSPS) is 20.1. The van der Waals surface area contributed by atoms with E-state index in [4.69, 9.17) is 0 Å². The minimum atomic E-state index is -3.16. The van der Waals surface area contributed by atoms with Gasteiger partial charge in [-0.05, 0) is 37.5 Å². The second kappa shape index (κ2) is 8.58. The first kappa shape index (κ1) is 20.1. The van der Waals surface area contributed by atoms with E-state index in [9.17, 15) is 13.2 Å². The molecule has 0 bridgehead atoms. The number of carbonyl (C=O) groups is 1. The summed E-state index contributed by atoms with van der Waals surface area (Å²) >= 11 is 0. The summed E-state index contributed by atoms with van der Waals surface area (Å²) < 4.78 is 25.3. The number of rotatable bonds is 5. The van der Waals surface area contributed by atoms with Crippen LogP contribution in [0.1, 0.15) is 18.4 Å². The van der Waals surface area contributed by atoms with Crippen LogP contribution in [0.15, 0.2) is 24.3 Å². The van der Waals surface area contributed by atoms with Crippen LogP contribution in [0, 0.1) is 6.92 Å². The molecule has 27 heavy (non-hydrogen) atoms. The first-order valence-electron chi connectivity index (χ1n) is 9.59. The van der Waals surface area contributed by atoms with Gasteiger partial charge in [0, 0.05) is 51.0 Å². The van der Waals surface area contributed by atoms with Crippen LogP contribution in [0.3, 0.4) is 0 Å². The Morgan fingerprint density at radius 3 is 2.37 bits per heavy atom. The molecule has 0 aliphatic carbocycles. The minimum Gasteiger partial charge on any atom is -0.368 e. The number of nitrogens with zero attached hydrogens (tertiary/aromatic N) is 3. The van der Waals surface area contributed by atoms with E-state index in [0.717, 1.165) is 52.1 Å². The van der Waals surface area contributed by atoms with Gasteiger partial charge in [0.25, 0.3) is 0 Å². The minimum absolute atomic E-state index is 0.00998. The molecule has 1 N–H and O–H groups in total. The number of likely N-dealkylation sites (tertiary alicyclic amines) is 1. The number of piperazine rings is 1. The molecule has 1 amide bonds. The molecule has 0 aromatic heterocycles. The SMILES string of the molecule is Cc1cccc(N2CCN(C(=O)CN3CCC(NS(C)(=O)=O)CC3)CC2)c1. The average molecular weight is 395 g/mol. The van der Waals surface area contributed by atoms with E-state index in [-0.39, 0.29) is 11.9 Å². The number of nitrogens with one attached hydrogen (secondary N) is 1. The summed E-state index contributed by atoms with van der Waals surface area (Å²) in [5.41, 5.74) is 2.47. The van der Waals surface area contributed by atoms with Gasteiger partial charge in [0.15, 0.2) is 0 Å². The highest BCUT2D eigenvalue weighted by Crippen LogP contribution is 2.18. The lowest BCUT2D eigenvalue weighted by molar-refractivity contribution is -0.133. The molecule has 0 saturated carbocycles. The molecular weight excluding hydrogens is 364 g/mol. The van der Waals surface area contributed by atoms with E-state index in [1.165, 1.54) is 17.5 Å². The zero-order chi connectivity index (χ0) is 19.4. The van der Waals surface area contributed by atoms with Gasteiger partial charge in [0.05, 0.1) is 12.8 Å². The van der Waals surface area contributed by atoms with E-state index >= 15 is 0 Å². The van der Waals surface area contributed by atoms with Crippen molar-refractivity contribution in [3.8, 4) is 0 Å². The monoisotopic (exact) mass is 394 g/mol. The number of sulfonamides is 1. The third-order valence-corrected chi connectivity index (χ3v) is 6.09. The molecule has 7 nitrogen and oxygen atoms in total. The molecule has 1 aromatic carbocycles. The van der Waals surface area contributed by atoms with Crippen molar-refractivity contribution < 1.29 is 13.2 Å². The van der Waals surface area contributed by atoms with E-state index in [2.05, 4.69) is 45.7 Å². The van der Waals surface area contributed by atoms with E-state index in [0.29, 0.717) is 6.54 Å². The Balaban J connectivity index is 1.42. The lowest BCUT2D eigenvalue weighted by atomic mass is 10.1. The topological polar surface area (TPSA) is 73.0 Å². The van der Waals surface area contributed by atoms with Gasteiger partial charge in [-0.2, -0.15) is 0 Å². The third-order valence-electron chi connectivity index (χ3n) is 5.33. The maximum absolute atomic E-state index is 12.6. The van der Waals surface area contributed by atoms with Gasteiger partial charge in [0.2, 0.25) is 15.9 Å². The Morgan fingerprint density at radius 2 is 1.78 bits per heavy atom. The number of aryl methyl sites for hydroxylation is 1. The number of piperidine rings is 1. The van der Waals surface area contributed by atoms with Gasteiger partial charge < -0.3 is 9.80 Å². The van der Waals surface area contributed by atoms with Crippen molar-refractivity contribution in [1.82, 2.24) is 14.5 Å². The molecule has 0 atom stereocenters. The maximum atomic E-state index is 12.6. The first-order valence-corrected chi connectivity index (χ1v) is 11.5. The summed E-state index contributed by atoms with van der Waals surface area (Å²) in [6, 6.07) is 8.47. The molecule has 8 heteroatoms. The molecule has 0 unspecified atom stereocenters. The fourth-order valence-electron chi connectivity index (χ4n) is 3.84. The maximum Gasteiger partial charge on any atom is 0.236 e. The van der Waals surface area contributed by atoms with Crippen molar-refractivity contribution in [1.29, 1.82) is 0 Å². The van der Waals surface area contributed by atoms with Crippen molar-refractivity contribution >= 4 is 21.6 Å². The van der Waals surface area contributed by atoms with Crippen LogP contribution in [0.5, 0.6) is 0 Å². The summed E-state index contributed by atoms with van der Waals surface area (Å²) in [7, 11) is -3.16. The molecule has 2 fully saturated rings. The standard InChI is InChI=1S/C19H30N4O3S/c1-16-4-3-5-18(14-16)22-10-12-23(13-11-22)19(24)15-21-8-6-17(7-9-21)20-27(2,25)26/h3-5,14,17,20H,6-13,15H2,1-2H3. The highest BCUT2D eigenvalue weighted by Gasteiger charge is 2.26. The molecule has 2 aliphatic heterocycles. The highest BCUT2D eigenvalue weighted by molar-refractivity contribution is 7.88. The Bertz CT molecular complexity index is 752. The molecule has 0 spiro atoms. The van der Waals surface area contributed by atoms with Crippen molar-refractivity contribution in [2.45, 2.75) is 25.8 Å². The predicted molar refractivity (Wildman–Crippen MR) is 107 cm³/mol. The first-order chi connectivity index (χ1) is 12.8.